The highest BCUT2D eigenvalue weighted by Crippen LogP contribution is 2.54. The van der Waals surface area contributed by atoms with Crippen molar-refractivity contribution in [1.29, 1.82) is 0 Å². The molecule has 0 heterocycles. The number of anilines is 3. The van der Waals surface area contributed by atoms with Gasteiger partial charge in [0.25, 0.3) is 0 Å². The molecule has 1 aliphatic rings. The zero-order chi connectivity index (χ0) is 49.9. The summed E-state index contributed by atoms with van der Waals surface area (Å²) < 4.78 is 0. The number of rotatable bonds is 9. The third-order valence-corrected chi connectivity index (χ3v) is 15.9. The SMILES string of the molecule is CC1(c2ccccc2)c2ccccc2-c2cc(N(c3ccc(-c4ccc(-c5cccc6ccccc56)cc4)cc3)c3cccc(-c4ccc5c(c4)c(-c4ccccc4)c(-c4ccccc4)c4ccccc45)c3)ccc21. The summed E-state index contributed by atoms with van der Waals surface area (Å²) in [5.74, 6) is 0. The number of benzene rings is 13. The molecule has 0 amide bonds. The quantitative estimate of drug-likeness (QED) is 0.130. The van der Waals surface area contributed by atoms with Gasteiger partial charge in [-0.3, -0.25) is 0 Å². The van der Waals surface area contributed by atoms with E-state index in [1.807, 2.05) is 0 Å². The summed E-state index contributed by atoms with van der Waals surface area (Å²) >= 11 is 0. The fraction of sp³-hybridized carbons (Fsp3) is 0.0270. The number of hydrogen-bond acceptors (Lipinski definition) is 1. The lowest BCUT2D eigenvalue weighted by Gasteiger charge is -2.30. The molecule has 0 aromatic heterocycles. The molecule has 0 spiro atoms. The van der Waals surface area contributed by atoms with Gasteiger partial charge >= 0.3 is 0 Å². The molecule has 1 heteroatoms. The Hall–Kier alpha value is -9.56. The lowest BCUT2D eigenvalue weighted by molar-refractivity contribution is 0.714. The third-order valence-electron chi connectivity index (χ3n) is 15.9. The normalized spacial score (nSPS) is 13.7. The molecule has 0 saturated heterocycles. The van der Waals surface area contributed by atoms with Gasteiger partial charge in [-0.15, -0.1) is 0 Å². The highest BCUT2D eigenvalue weighted by molar-refractivity contribution is 6.22. The fourth-order valence-corrected chi connectivity index (χ4v) is 12.3. The van der Waals surface area contributed by atoms with Crippen LogP contribution in [0, 0.1) is 0 Å². The fourth-order valence-electron chi connectivity index (χ4n) is 12.3. The van der Waals surface area contributed by atoms with Crippen molar-refractivity contribution in [3.05, 3.63) is 308 Å². The first-order chi connectivity index (χ1) is 37.1. The van der Waals surface area contributed by atoms with Gasteiger partial charge in [0.15, 0.2) is 0 Å². The summed E-state index contributed by atoms with van der Waals surface area (Å²) in [5, 5.41) is 7.51. The molecule has 14 rings (SSSR count). The molecular weight excluding hydrogens is 903 g/mol. The molecule has 0 radical (unpaired) electrons. The van der Waals surface area contributed by atoms with Crippen LogP contribution in [0.1, 0.15) is 23.6 Å². The second kappa shape index (κ2) is 18.2. The summed E-state index contributed by atoms with van der Waals surface area (Å²) in [6.07, 6.45) is 0. The topological polar surface area (TPSA) is 3.24 Å². The predicted octanol–water partition coefficient (Wildman–Crippen LogP) is 20.3. The summed E-state index contributed by atoms with van der Waals surface area (Å²) in [4.78, 5) is 2.44. The number of nitrogens with zero attached hydrogens (tertiary/aromatic N) is 1. The van der Waals surface area contributed by atoms with Crippen LogP contribution in [0.4, 0.5) is 17.1 Å². The molecule has 0 aliphatic heterocycles. The van der Waals surface area contributed by atoms with E-state index in [-0.39, 0.29) is 5.41 Å². The van der Waals surface area contributed by atoms with Crippen molar-refractivity contribution in [3.8, 4) is 66.8 Å². The van der Waals surface area contributed by atoms with Crippen LogP contribution < -0.4 is 4.90 Å². The summed E-state index contributed by atoms with van der Waals surface area (Å²) in [5.41, 5.74) is 21.5. The molecule has 0 saturated carbocycles. The predicted molar refractivity (Wildman–Crippen MR) is 318 cm³/mol. The van der Waals surface area contributed by atoms with E-state index in [1.54, 1.807) is 0 Å². The van der Waals surface area contributed by atoms with Gasteiger partial charge in [0.1, 0.15) is 0 Å². The third kappa shape index (κ3) is 7.47. The van der Waals surface area contributed by atoms with Crippen molar-refractivity contribution in [1.82, 2.24) is 0 Å². The van der Waals surface area contributed by atoms with E-state index >= 15 is 0 Å². The van der Waals surface area contributed by atoms with Crippen molar-refractivity contribution >= 4 is 49.4 Å². The van der Waals surface area contributed by atoms with Crippen LogP contribution in [-0.2, 0) is 5.41 Å². The Labute approximate surface area is 438 Å². The standard InChI is InChI=1S/C74H51N/c1-74(58-26-9-4-10-27-58)70-34-16-15-31-66(70)68-49-61(44-46-71(68)74)75(59-42-39-51(40-43-59)50-35-37-53(38-36-50)63-33-18-24-52-19-11-12-29-62(52)63)60-28-17-25-56(47-60)57-41-45-65-64-30-13-14-32-67(64)72(54-20-5-2-6-21-54)73(69(65)48-57)55-22-7-3-8-23-55/h2-49H,1H3. The van der Waals surface area contributed by atoms with Crippen molar-refractivity contribution in [2.24, 2.45) is 0 Å². The maximum absolute atomic E-state index is 2.44. The zero-order valence-corrected chi connectivity index (χ0v) is 41.7. The van der Waals surface area contributed by atoms with E-state index in [4.69, 9.17) is 0 Å². The Morgan fingerprint density at radius 3 is 1.48 bits per heavy atom. The van der Waals surface area contributed by atoms with E-state index in [0.29, 0.717) is 0 Å². The molecule has 0 N–H and O–H groups in total. The Kier molecular flexibility index (Phi) is 10.7. The first-order valence-corrected chi connectivity index (χ1v) is 26.1. The first kappa shape index (κ1) is 44.2. The molecule has 0 bridgehead atoms. The smallest absolute Gasteiger partial charge is 0.0468 e. The zero-order valence-electron chi connectivity index (χ0n) is 41.7. The minimum atomic E-state index is -0.290. The highest BCUT2D eigenvalue weighted by atomic mass is 15.1. The lowest BCUT2D eigenvalue weighted by Crippen LogP contribution is -2.22. The van der Waals surface area contributed by atoms with Crippen LogP contribution in [0.25, 0.3) is 99.1 Å². The van der Waals surface area contributed by atoms with Crippen molar-refractivity contribution in [2.75, 3.05) is 4.90 Å². The average molecular weight is 954 g/mol. The lowest BCUT2D eigenvalue weighted by atomic mass is 9.74. The maximum Gasteiger partial charge on any atom is 0.0468 e. The van der Waals surface area contributed by atoms with E-state index in [2.05, 4.69) is 303 Å². The summed E-state index contributed by atoms with van der Waals surface area (Å²) in [7, 11) is 0. The van der Waals surface area contributed by atoms with Crippen LogP contribution >= 0.6 is 0 Å². The second-order valence-electron chi connectivity index (χ2n) is 20.1. The minimum absolute atomic E-state index is 0.290. The molecule has 1 nitrogen and oxygen atoms in total. The number of fused-ring (bicyclic) bond motifs is 7. The van der Waals surface area contributed by atoms with Gasteiger partial charge in [-0.1, -0.05) is 249 Å². The van der Waals surface area contributed by atoms with Crippen LogP contribution in [0.2, 0.25) is 0 Å². The largest absolute Gasteiger partial charge is 0.310 e. The Balaban J connectivity index is 0.915. The van der Waals surface area contributed by atoms with Gasteiger partial charge in [-0.2, -0.15) is 0 Å². The minimum Gasteiger partial charge on any atom is -0.310 e. The summed E-state index contributed by atoms with van der Waals surface area (Å²) in [6, 6.07) is 107. The monoisotopic (exact) mass is 953 g/mol. The molecule has 75 heavy (non-hydrogen) atoms. The molecule has 0 fully saturated rings. The van der Waals surface area contributed by atoms with E-state index in [0.717, 1.165) is 22.6 Å². The van der Waals surface area contributed by atoms with E-state index in [9.17, 15) is 0 Å². The van der Waals surface area contributed by atoms with Crippen LogP contribution in [0.3, 0.4) is 0 Å². The summed E-state index contributed by atoms with van der Waals surface area (Å²) in [6.45, 7) is 2.39. The molecule has 13 aromatic rings. The molecule has 1 atom stereocenters. The van der Waals surface area contributed by atoms with Crippen molar-refractivity contribution in [3.63, 3.8) is 0 Å². The van der Waals surface area contributed by atoms with Gasteiger partial charge in [-0.05, 0) is 165 Å². The highest BCUT2D eigenvalue weighted by Gasteiger charge is 2.41. The van der Waals surface area contributed by atoms with Crippen molar-refractivity contribution < 1.29 is 0 Å². The second-order valence-corrected chi connectivity index (χ2v) is 20.1. The van der Waals surface area contributed by atoms with Crippen LogP contribution in [0.15, 0.2) is 291 Å². The Morgan fingerprint density at radius 1 is 0.253 bits per heavy atom. The van der Waals surface area contributed by atoms with Gasteiger partial charge in [0, 0.05) is 22.5 Å². The maximum atomic E-state index is 2.44. The van der Waals surface area contributed by atoms with E-state index < -0.39 is 0 Å². The average Bonchev–Trinajstić information content (AvgIpc) is 3.79. The Morgan fingerprint density at radius 2 is 0.733 bits per heavy atom. The molecule has 1 aliphatic carbocycles. The van der Waals surface area contributed by atoms with Gasteiger partial charge in [-0.25, -0.2) is 0 Å². The van der Waals surface area contributed by atoms with Gasteiger partial charge in [0.05, 0.1) is 0 Å². The Bertz CT molecular complexity index is 4270. The molecule has 352 valence electrons. The molecular formula is C74H51N. The van der Waals surface area contributed by atoms with Gasteiger partial charge in [0.2, 0.25) is 0 Å². The van der Waals surface area contributed by atoms with Crippen LogP contribution in [-0.4, -0.2) is 0 Å². The molecule has 13 aromatic carbocycles. The number of hydrogen-bond donors (Lipinski definition) is 0. The van der Waals surface area contributed by atoms with Gasteiger partial charge < -0.3 is 4.90 Å². The van der Waals surface area contributed by atoms with Crippen molar-refractivity contribution in [2.45, 2.75) is 12.3 Å². The van der Waals surface area contributed by atoms with Crippen LogP contribution in [0.5, 0.6) is 0 Å². The molecule has 1 unspecified atom stereocenters. The first-order valence-electron chi connectivity index (χ1n) is 26.1. The van der Waals surface area contributed by atoms with E-state index in [1.165, 1.54) is 110 Å².